The number of unbranched alkanes of at least 4 members (excludes halogenated alkanes) is 13. The molecule has 2 aliphatic rings. The third-order valence-corrected chi connectivity index (χ3v) is 8.37. The van der Waals surface area contributed by atoms with Gasteiger partial charge in [0, 0.05) is 19.0 Å². The van der Waals surface area contributed by atoms with Crippen LogP contribution < -0.4 is 22.5 Å². The number of hydrogen-bond donors (Lipinski definition) is 6. The quantitative estimate of drug-likeness (QED) is 0.0962. The van der Waals surface area contributed by atoms with Gasteiger partial charge in [0.15, 0.2) is 17.2 Å². The third kappa shape index (κ3) is 11.7. The number of amides is 2. The molecule has 9 N–H and O–H groups in total. The van der Waals surface area contributed by atoms with Gasteiger partial charge in [-0.25, -0.2) is 4.79 Å². The first-order valence-corrected chi connectivity index (χ1v) is 16.3. The SMILES string of the molecule is CCCCCCCCCCCCCCCC(=O)C(O)[C@H]1O[C@@H](N2C=CC(N)(C(=O)[C@@H](N)CCCCN)NC2=O)C[C@@H]1O. The first-order valence-electron chi connectivity index (χ1n) is 16.3. The van der Waals surface area contributed by atoms with Crippen LogP contribution in [0.4, 0.5) is 4.79 Å². The van der Waals surface area contributed by atoms with Gasteiger partial charge in [0.1, 0.15) is 18.4 Å². The minimum Gasteiger partial charge on any atom is -0.390 e. The Bertz CT molecular complexity index is 858. The van der Waals surface area contributed by atoms with E-state index in [4.69, 9.17) is 21.9 Å². The number of nitrogens with one attached hydrogen (secondary N) is 1. The molecule has 2 amide bonds. The Hall–Kier alpha value is -1.89. The van der Waals surface area contributed by atoms with Crippen molar-refractivity contribution in [1.82, 2.24) is 10.2 Å². The number of nitrogens with zero attached hydrogens (tertiary/aromatic N) is 1. The number of ketones is 2. The van der Waals surface area contributed by atoms with Gasteiger partial charge in [0.25, 0.3) is 0 Å². The molecule has 1 saturated heterocycles. The molecule has 42 heavy (non-hydrogen) atoms. The second-order valence-electron chi connectivity index (χ2n) is 12.0. The minimum atomic E-state index is -1.77. The molecule has 0 radical (unpaired) electrons. The van der Waals surface area contributed by atoms with Gasteiger partial charge in [0.05, 0.1) is 12.1 Å². The van der Waals surface area contributed by atoms with Gasteiger partial charge in [-0.1, -0.05) is 90.4 Å². The number of aliphatic hydroxyl groups excluding tert-OH is 2. The molecular weight excluding hydrogens is 538 g/mol. The molecule has 0 saturated carbocycles. The molecule has 242 valence electrons. The van der Waals surface area contributed by atoms with E-state index in [1.54, 1.807) is 0 Å². The van der Waals surface area contributed by atoms with E-state index in [2.05, 4.69) is 12.2 Å². The Labute approximate surface area is 252 Å². The second-order valence-corrected chi connectivity index (χ2v) is 12.0. The molecule has 0 aromatic heterocycles. The van der Waals surface area contributed by atoms with E-state index in [0.29, 0.717) is 25.8 Å². The molecule has 2 rings (SSSR count). The molecule has 2 aliphatic heterocycles. The summed E-state index contributed by atoms with van der Waals surface area (Å²) in [6.07, 6.45) is 15.5. The summed E-state index contributed by atoms with van der Waals surface area (Å²) in [7, 11) is 0. The summed E-state index contributed by atoms with van der Waals surface area (Å²) in [5, 5.41) is 23.6. The zero-order chi connectivity index (χ0) is 31.0. The van der Waals surface area contributed by atoms with E-state index < -0.39 is 48.1 Å². The highest BCUT2D eigenvalue weighted by molar-refractivity contribution is 5.98. The van der Waals surface area contributed by atoms with Crippen LogP contribution in [0.1, 0.15) is 122 Å². The van der Waals surface area contributed by atoms with Crippen LogP contribution in [0.2, 0.25) is 0 Å². The van der Waals surface area contributed by atoms with Crippen LogP contribution in [0, 0.1) is 0 Å². The molecule has 0 aliphatic carbocycles. The monoisotopic (exact) mass is 595 g/mol. The molecule has 2 unspecified atom stereocenters. The van der Waals surface area contributed by atoms with Gasteiger partial charge in [-0.05, 0) is 31.9 Å². The summed E-state index contributed by atoms with van der Waals surface area (Å²) in [6.45, 7) is 2.73. The lowest BCUT2D eigenvalue weighted by molar-refractivity contribution is -0.142. The van der Waals surface area contributed by atoms with Crippen LogP contribution in [0.5, 0.6) is 0 Å². The number of Topliss-reactive ketones (excluding diaryl/α,β-unsaturated/α-hetero) is 2. The maximum absolute atomic E-state index is 12.8. The van der Waals surface area contributed by atoms with Gasteiger partial charge in [0.2, 0.25) is 0 Å². The van der Waals surface area contributed by atoms with Crippen LogP contribution in [-0.2, 0) is 14.3 Å². The largest absolute Gasteiger partial charge is 0.390 e. The van der Waals surface area contributed by atoms with Gasteiger partial charge >= 0.3 is 6.03 Å². The lowest BCUT2D eigenvalue weighted by Crippen LogP contribution is -2.68. The van der Waals surface area contributed by atoms with Crippen molar-refractivity contribution in [2.75, 3.05) is 6.54 Å². The lowest BCUT2D eigenvalue weighted by Gasteiger charge is -2.37. The number of aliphatic hydroxyl groups is 2. The van der Waals surface area contributed by atoms with Crippen molar-refractivity contribution < 1.29 is 29.3 Å². The van der Waals surface area contributed by atoms with Crippen molar-refractivity contribution >= 4 is 17.6 Å². The molecule has 0 spiro atoms. The number of nitrogens with two attached hydrogens (primary N) is 3. The van der Waals surface area contributed by atoms with E-state index in [9.17, 15) is 24.6 Å². The highest BCUT2D eigenvalue weighted by Gasteiger charge is 2.47. The van der Waals surface area contributed by atoms with Crippen molar-refractivity contribution in [2.24, 2.45) is 17.2 Å². The molecule has 2 heterocycles. The molecule has 0 aromatic rings. The maximum Gasteiger partial charge on any atom is 0.325 e. The van der Waals surface area contributed by atoms with Crippen molar-refractivity contribution in [3.05, 3.63) is 12.3 Å². The number of rotatable bonds is 23. The molecule has 1 fully saturated rings. The lowest BCUT2D eigenvalue weighted by atomic mass is 9.94. The summed E-state index contributed by atoms with van der Waals surface area (Å²) < 4.78 is 5.76. The zero-order valence-electron chi connectivity index (χ0n) is 25.7. The van der Waals surface area contributed by atoms with E-state index in [1.807, 2.05) is 0 Å². The topological polar surface area (TPSA) is 194 Å². The molecule has 11 heteroatoms. The molecule has 0 aromatic carbocycles. The second kappa shape index (κ2) is 19.4. The Kier molecular flexibility index (Phi) is 16.8. The average Bonchev–Trinajstić information content (AvgIpc) is 3.35. The Morgan fingerprint density at radius 1 is 1.02 bits per heavy atom. The highest BCUT2D eigenvalue weighted by Crippen LogP contribution is 2.29. The summed E-state index contributed by atoms with van der Waals surface area (Å²) in [4.78, 5) is 39.4. The van der Waals surface area contributed by atoms with Crippen molar-refractivity contribution in [3.8, 4) is 0 Å². The van der Waals surface area contributed by atoms with E-state index in [-0.39, 0.29) is 18.6 Å². The summed E-state index contributed by atoms with van der Waals surface area (Å²) in [5.74, 6) is -0.903. The van der Waals surface area contributed by atoms with Crippen LogP contribution >= 0.6 is 0 Å². The number of hydrogen-bond acceptors (Lipinski definition) is 9. The fraction of sp³-hybridized carbons (Fsp3) is 0.839. The van der Waals surface area contributed by atoms with Crippen LogP contribution in [0.15, 0.2) is 12.3 Å². The van der Waals surface area contributed by atoms with Crippen LogP contribution in [-0.4, -0.2) is 75.5 Å². The average molecular weight is 596 g/mol. The third-order valence-electron chi connectivity index (χ3n) is 8.37. The number of carbonyl (C=O) groups is 3. The Morgan fingerprint density at radius 2 is 1.60 bits per heavy atom. The number of ether oxygens (including phenoxy) is 1. The highest BCUT2D eigenvalue weighted by atomic mass is 16.5. The predicted molar refractivity (Wildman–Crippen MR) is 163 cm³/mol. The van der Waals surface area contributed by atoms with E-state index in [0.717, 1.165) is 30.6 Å². The first kappa shape index (κ1) is 36.3. The number of carbonyl (C=O) groups excluding carboxylic acids is 3. The molecule has 11 nitrogen and oxygen atoms in total. The van der Waals surface area contributed by atoms with Crippen molar-refractivity contribution in [3.63, 3.8) is 0 Å². The van der Waals surface area contributed by atoms with Crippen LogP contribution in [0.25, 0.3) is 0 Å². The minimum absolute atomic E-state index is 0.00434. The van der Waals surface area contributed by atoms with Gasteiger partial charge in [-0.3, -0.25) is 20.2 Å². The summed E-state index contributed by atoms with van der Waals surface area (Å²) in [5.41, 5.74) is 15.8. The maximum atomic E-state index is 12.8. The molecular formula is C31H57N5O6. The van der Waals surface area contributed by atoms with Gasteiger partial charge in [-0.15, -0.1) is 0 Å². The van der Waals surface area contributed by atoms with Crippen molar-refractivity contribution in [1.29, 1.82) is 0 Å². The standard InChI is InChI=1S/C31H57N5O6/c1-2-3-4-5-6-7-8-9-10-11-12-13-14-18-24(37)27(39)28-25(38)22-26(42-28)36-21-19-31(34,35-30(36)41)29(40)23(33)17-15-16-20-32/h19,21,23,25-28,38-39H,2-18,20,22,32-34H2,1H3,(H,35,41)/t23-,25-,26+,27?,28-,31?/m0/s1. The van der Waals surface area contributed by atoms with Crippen molar-refractivity contribution in [2.45, 2.75) is 159 Å². The smallest absolute Gasteiger partial charge is 0.325 e. The van der Waals surface area contributed by atoms with Gasteiger partial charge < -0.3 is 31.7 Å². The molecule has 0 bridgehead atoms. The first-order chi connectivity index (χ1) is 20.1. The van der Waals surface area contributed by atoms with E-state index in [1.165, 1.54) is 70.1 Å². The number of urea groups is 1. The summed E-state index contributed by atoms with van der Waals surface area (Å²) >= 11 is 0. The Morgan fingerprint density at radius 3 is 2.14 bits per heavy atom. The van der Waals surface area contributed by atoms with E-state index >= 15 is 0 Å². The zero-order valence-corrected chi connectivity index (χ0v) is 25.7. The normalized spacial score (nSPS) is 25.4. The van der Waals surface area contributed by atoms with Crippen LogP contribution in [0.3, 0.4) is 0 Å². The fourth-order valence-electron chi connectivity index (χ4n) is 5.65. The molecule has 6 atom stereocenters. The summed E-state index contributed by atoms with van der Waals surface area (Å²) in [6, 6.07) is -1.56. The fourth-order valence-corrected chi connectivity index (χ4v) is 5.65. The predicted octanol–water partition coefficient (Wildman–Crippen LogP) is 3.09. The Balaban J connectivity index is 1.69. The van der Waals surface area contributed by atoms with Gasteiger partial charge in [-0.2, -0.15) is 0 Å².